The van der Waals surface area contributed by atoms with E-state index in [9.17, 15) is 14.7 Å². The van der Waals surface area contributed by atoms with Gasteiger partial charge in [0.05, 0.1) is 17.7 Å². The standard InChI is InChI=1S/C14H21N3O3S/c1-17(8-11-9-21-10-15-11)13(20)16-14(12(18)19)6-4-2-3-5-7-14/h9-10H,2-8H2,1H3,(H,16,20)(H,18,19). The number of carboxylic acids is 1. The molecule has 1 aliphatic rings. The van der Waals surface area contributed by atoms with Gasteiger partial charge in [-0.15, -0.1) is 11.3 Å². The summed E-state index contributed by atoms with van der Waals surface area (Å²) in [7, 11) is 1.65. The molecule has 1 heterocycles. The van der Waals surface area contributed by atoms with E-state index in [-0.39, 0.29) is 6.03 Å². The molecule has 1 aromatic rings. The molecule has 2 rings (SSSR count). The molecule has 2 amide bonds. The fourth-order valence-electron chi connectivity index (χ4n) is 2.65. The van der Waals surface area contributed by atoms with Crippen molar-refractivity contribution in [2.75, 3.05) is 7.05 Å². The minimum Gasteiger partial charge on any atom is -0.480 e. The van der Waals surface area contributed by atoms with Crippen LogP contribution in [0.2, 0.25) is 0 Å². The fourth-order valence-corrected chi connectivity index (χ4v) is 3.20. The van der Waals surface area contributed by atoms with E-state index in [0.29, 0.717) is 19.4 Å². The quantitative estimate of drug-likeness (QED) is 0.837. The fraction of sp³-hybridized carbons (Fsp3) is 0.643. The summed E-state index contributed by atoms with van der Waals surface area (Å²) in [6.07, 6.45) is 4.72. The zero-order chi connectivity index (χ0) is 15.3. The van der Waals surface area contributed by atoms with Crippen LogP contribution in [0.25, 0.3) is 0 Å². The van der Waals surface area contributed by atoms with Crippen molar-refractivity contribution in [2.45, 2.75) is 50.6 Å². The first-order valence-corrected chi connectivity index (χ1v) is 8.11. The summed E-state index contributed by atoms with van der Waals surface area (Å²) in [5.74, 6) is -0.931. The number of nitrogens with one attached hydrogen (secondary N) is 1. The van der Waals surface area contributed by atoms with E-state index in [4.69, 9.17) is 0 Å². The van der Waals surface area contributed by atoms with Crippen molar-refractivity contribution in [3.8, 4) is 0 Å². The maximum atomic E-state index is 12.3. The zero-order valence-corrected chi connectivity index (χ0v) is 13.0. The van der Waals surface area contributed by atoms with Crippen molar-refractivity contribution in [2.24, 2.45) is 0 Å². The largest absolute Gasteiger partial charge is 0.480 e. The molecule has 0 radical (unpaired) electrons. The van der Waals surface area contributed by atoms with Gasteiger partial charge in [0.2, 0.25) is 0 Å². The summed E-state index contributed by atoms with van der Waals surface area (Å²) in [5, 5.41) is 14.2. The highest BCUT2D eigenvalue weighted by atomic mass is 32.1. The summed E-state index contributed by atoms with van der Waals surface area (Å²) < 4.78 is 0. The van der Waals surface area contributed by atoms with Crippen LogP contribution in [0, 0.1) is 0 Å². The Morgan fingerprint density at radius 3 is 2.57 bits per heavy atom. The average molecular weight is 311 g/mol. The van der Waals surface area contributed by atoms with Gasteiger partial charge >= 0.3 is 12.0 Å². The molecular formula is C14H21N3O3S. The van der Waals surface area contributed by atoms with Gasteiger partial charge in [-0.2, -0.15) is 0 Å². The highest BCUT2D eigenvalue weighted by Crippen LogP contribution is 2.27. The van der Waals surface area contributed by atoms with Gasteiger partial charge in [-0.25, -0.2) is 14.6 Å². The van der Waals surface area contributed by atoms with E-state index in [1.54, 1.807) is 12.6 Å². The molecule has 0 atom stereocenters. The first kappa shape index (κ1) is 15.8. The van der Waals surface area contributed by atoms with Crippen LogP contribution in [-0.4, -0.2) is 39.6 Å². The third-order valence-corrected chi connectivity index (χ3v) is 4.58. The van der Waals surface area contributed by atoms with E-state index in [1.807, 2.05) is 5.38 Å². The Kier molecular flexibility index (Phi) is 5.17. The number of amides is 2. The number of hydrogen-bond acceptors (Lipinski definition) is 4. The number of thiazole rings is 1. The van der Waals surface area contributed by atoms with E-state index in [1.165, 1.54) is 16.2 Å². The zero-order valence-electron chi connectivity index (χ0n) is 12.2. The molecule has 21 heavy (non-hydrogen) atoms. The molecule has 0 bridgehead atoms. The van der Waals surface area contributed by atoms with Gasteiger partial charge in [-0.1, -0.05) is 25.7 Å². The molecule has 2 N–H and O–H groups in total. The van der Waals surface area contributed by atoms with Crippen LogP contribution in [0.15, 0.2) is 10.9 Å². The lowest BCUT2D eigenvalue weighted by Gasteiger charge is -2.31. The molecule has 1 aliphatic carbocycles. The predicted octanol–water partition coefficient (Wildman–Crippen LogP) is 2.46. The second-order valence-electron chi connectivity index (χ2n) is 5.57. The normalized spacial score (nSPS) is 17.8. The van der Waals surface area contributed by atoms with E-state index in [0.717, 1.165) is 31.4 Å². The smallest absolute Gasteiger partial charge is 0.329 e. The number of aromatic nitrogens is 1. The summed E-state index contributed by atoms with van der Waals surface area (Å²) in [5.41, 5.74) is 1.40. The summed E-state index contributed by atoms with van der Waals surface area (Å²) in [4.78, 5) is 29.6. The topological polar surface area (TPSA) is 82.5 Å². The van der Waals surface area contributed by atoms with Gasteiger partial charge in [0.1, 0.15) is 5.54 Å². The van der Waals surface area contributed by atoms with Crippen LogP contribution in [0.1, 0.15) is 44.2 Å². The van der Waals surface area contributed by atoms with Gasteiger partial charge in [0, 0.05) is 12.4 Å². The molecule has 1 aromatic heterocycles. The van der Waals surface area contributed by atoms with Gasteiger partial charge in [-0.3, -0.25) is 0 Å². The van der Waals surface area contributed by atoms with Gasteiger partial charge in [0.15, 0.2) is 0 Å². The number of rotatable bonds is 4. The maximum absolute atomic E-state index is 12.3. The predicted molar refractivity (Wildman–Crippen MR) is 80.2 cm³/mol. The Bertz CT molecular complexity index is 482. The number of carbonyl (C=O) groups is 2. The number of carbonyl (C=O) groups excluding carboxylic acids is 1. The summed E-state index contributed by atoms with van der Waals surface area (Å²) in [6.45, 7) is 0.380. The molecule has 0 unspecified atom stereocenters. The van der Waals surface area contributed by atoms with E-state index in [2.05, 4.69) is 10.3 Å². The van der Waals surface area contributed by atoms with Crippen LogP contribution in [0.3, 0.4) is 0 Å². The SMILES string of the molecule is CN(Cc1cscn1)C(=O)NC1(C(=O)O)CCCCCC1. The minimum absolute atomic E-state index is 0.354. The Morgan fingerprint density at radius 2 is 2.05 bits per heavy atom. The van der Waals surface area contributed by atoms with Gasteiger partial charge < -0.3 is 15.3 Å². The number of carboxylic acid groups (broad SMARTS) is 1. The van der Waals surface area contributed by atoms with Crippen LogP contribution in [-0.2, 0) is 11.3 Å². The second kappa shape index (κ2) is 6.89. The van der Waals surface area contributed by atoms with Crippen LogP contribution < -0.4 is 5.32 Å². The third kappa shape index (κ3) is 3.93. The molecule has 6 nitrogen and oxygen atoms in total. The lowest BCUT2D eigenvalue weighted by atomic mass is 9.90. The number of urea groups is 1. The van der Waals surface area contributed by atoms with Crippen molar-refractivity contribution in [3.63, 3.8) is 0 Å². The Hall–Kier alpha value is -1.63. The lowest BCUT2D eigenvalue weighted by molar-refractivity contribution is -0.145. The lowest BCUT2D eigenvalue weighted by Crippen LogP contribution is -2.57. The third-order valence-electron chi connectivity index (χ3n) is 3.94. The number of hydrogen-bond donors (Lipinski definition) is 2. The van der Waals surface area contributed by atoms with Crippen molar-refractivity contribution < 1.29 is 14.7 Å². The molecule has 7 heteroatoms. The molecule has 116 valence electrons. The molecule has 1 saturated carbocycles. The molecule has 0 aliphatic heterocycles. The van der Waals surface area contributed by atoms with Gasteiger partial charge in [-0.05, 0) is 12.8 Å². The van der Waals surface area contributed by atoms with Crippen LogP contribution in [0.5, 0.6) is 0 Å². The Labute approximate surface area is 128 Å². The Morgan fingerprint density at radius 1 is 1.38 bits per heavy atom. The highest BCUT2D eigenvalue weighted by molar-refractivity contribution is 7.07. The molecule has 0 spiro atoms. The van der Waals surface area contributed by atoms with Crippen molar-refractivity contribution in [1.82, 2.24) is 15.2 Å². The maximum Gasteiger partial charge on any atom is 0.329 e. The van der Waals surface area contributed by atoms with E-state index >= 15 is 0 Å². The first-order valence-electron chi connectivity index (χ1n) is 7.17. The van der Waals surface area contributed by atoms with Crippen LogP contribution >= 0.6 is 11.3 Å². The second-order valence-corrected chi connectivity index (χ2v) is 6.29. The van der Waals surface area contributed by atoms with Crippen molar-refractivity contribution in [3.05, 3.63) is 16.6 Å². The van der Waals surface area contributed by atoms with Crippen molar-refractivity contribution in [1.29, 1.82) is 0 Å². The molecule has 0 saturated heterocycles. The monoisotopic (exact) mass is 311 g/mol. The minimum atomic E-state index is -1.12. The van der Waals surface area contributed by atoms with Gasteiger partial charge in [0.25, 0.3) is 0 Å². The van der Waals surface area contributed by atoms with Crippen molar-refractivity contribution >= 4 is 23.3 Å². The Balaban J connectivity index is 2.02. The highest BCUT2D eigenvalue weighted by Gasteiger charge is 2.40. The molecule has 1 fully saturated rings. The summed E-state index contributed by atoms with van der Waals surface area (Å²) in [6, 6.07) is -0.354. The molecule has 0 aromatic carbocycles. The van der Waals surface area contributed by atoms with E-state index < -0.39 is 11.5 Å². The molecular weight excluding hydrogens is 290 g/mol. The van der Waals surface area contributed by atoms with Crippen LogP contribution in [0.4, 0.5) is 4.79 Å². The number of aliphatic carboxylic acids is 1. The first-order chi connectivity index (χ1) is 10.0. The summed E-state index contributed by atoms with van der Waals surface area (Å²) >= 11 is 1.47. The average Bonchev–Trinajstić information content (AvgIpc) is 2.83. The number of nitrogens with zero attached hydrogens (tertiary/aromatic N) is 2.